The van der Waals surface area contributed by atoms with Gasteiger partial charge in [-0.25, -0.2) is 4.57 Å². The van der Waals surface area contributed by atoms with Gasteiger partial charge in [-0.2, -0.15) is 0 Å². The molecule has 1 aromatic carbocycles. The Morgan fingerprint density at radius 3 is 2.41 bits per heavy atom. The van der Waals surface area contributed by atoms with Gasteiger partial charge in [0.25, 0.3) is 0 Å². The van der Waals surface area contributed by atoms with Crippen molar-refractivity contribution >= 4 is 12.2 Å². The summed E-state index contributed by atoms with van der Waals surface area (Å²) in [6.07, 6.45) is 7.59. The van der Waals surface area contributed by atoms with Crippen molar-refractivity contribution in [2.24, 2.45) is 7.05 Å². The molecule has 0 amide bonds. The van der Waals surface area contributed by atoms with Crippen LogP contribution < -0.4 is 9.30 Å². The van der Waals surface area contributed by atoms with E-state index in [0.717, 1.165) is 16.9 Å². The topological polar surface area (TPSA) is 52.0 Å². The van der Waals surface area contributed by atoms with Crippen LogP contribution in [0, 0.1) is 0 Å². The number of rotatable bonds is 4. The number of ether oxygens (including phenoxy) is 1. The summed E-state index contributed by atoms with van der Waals surface area (Å²) in [5.74, 6) is 1.81. The summed E-state index contributed by atoms with van der Waals surface area (Å²) in [6.45, 7) is 0. The maximum Gasteiger partial charge on any atom is 0.248 e. The lowest BCUT2D eigenvalue weighted by molar-refractivity contribution is -0.671. The average Bonchev–Trinajstić information content (AvgIpc) is 3.03. The van der Waals surface area contributed by atoms with Crippen LogP contribution in [0.3, 0.4) is 0 Å². The first-order valence-electron chi connectivity index (χ1n) is 6.86. The molecule has 0 radical (unpaired) electrons. The zero-order chi connectivity index (χ0) is 15.4. The molecular formula is C17H16N3O2+. The van der Waals surface area contributed by atoms with E-state index in [1.165, 1.54) is 0 Å². The molecule has 3 aromatic rings. The molecule has 0 atom stereocenters. The molecule has 5 heteroatoms. The Morgan fingerprint density at radius 2 is 1.73 bits per heavy atom. The number of benzene rings is 1. The number of aromatic nitrogens is 3. The van der Waals surface area contributed by atoms with Crippen LogP contribution in [-0.2, 0) is 7.05 Å². The molecule has 0 N–H and O–H groups in total. The van der Waals surface area contributed by atoms with E-state index < -0.39 is 0 Å². The number of methoxy groups -OCH3 is 1. The van der Waals surface area contributed by atoms with Gasteiger partial charge in [-0.1, -0.05) is 12.1 Å². The van der Waals surface area contributed by atoms with Crippen molar-refractivity contribution in [3.05, 3.63) is 60.2 Å². The molecule has 0 bridgehead atoms. The fourth-order valence-electron chi connectivity index (χ4n) is 1.94. The number of hydrogen-bond donors (Lipinski definition) is 0. The van der Waals surface area contributed by atoms with Gasteiger partial charge in [0.15, 0.2) is 12.4 Å². The fraction of sp³-hybridized carbons (Fsp3) is 0.118. The monoisotopic (exact) mass is 294 g/mol. The molecule has 0 saturated heterocycles. The molecule has 3 rings (SSSR count). The lowest BCUT2D eigenvalue weighted by Gasteiger charge is -1.98. The van der Waals surface area contributed by atoms with Crippen LogP contribution in [0.1, 0.15) is 11.5 Å². The van der Waals surface area contributed by atoms with E-state index in [9.17, 15) is 0 Å². The second-order valence-corrected chi connectivity index (χ2v) is 4.80. The van der Waals surface area contributed by atoms with Gasteiger partial charge in [-0.3, -0.25) is 0 Å². The molecule has 0 aliphatic heterocycles. The first-order valence-corrected chi connectivity index (χ1v) is 6.86. The summed E-state index contributed by atoms with van der Waals surface area (Å²) < 4.78 is 12.7. The average molecular weight is 294 g/mol. The van der Waals surface area contributed by atoms with Crippen molar-refractivity contribution in [1.29, 1.82) is 0 Å². The first kappa shape index (κ1) is 14.0. The van der Waals surface area contributed by atoms with E-state index in [4.69, 9.17) is 9.15 Å². The van der Waals surface area contributed by atoms with E-state index >= 15 is 0 Å². The molecule has 22 heavy (non-hydrogen) atoms. The maximum absolute atomic E-state index is 5.63. The Kier molecular flexibility index (Phi) is 3.96. The normalized spacial score (nSPS) is 11.0. The summed E-state index contributed by atoms with van der Waals surface area (Å²) in [7, 11) is 3.61. The number of pyridine rings is 1. The van der Waals surface area contributed by atoms with Gasteiger partial charge >= 0.3 is 0 Å². The molecule has 0 fully saturated rings. The first-order chi connectivity index (χ1) is 10.7. The van der Waals surface area contributed by atoms with Crippen LogP contribution in [0.15, 0.2) is 53.2 Å². The predicted octanol–water partition coefficient (Wildman–Crippen LogP) is 2.74. The molecule has 5 nitrogen and oxygen atoms in total. The quantitative estimate of drug-likeness (QED) is 0.694. The van der Waals surface area contributed by atoms with E-state index in [1.54, 1.807) is 13.2 Å². The largest absolute Gasteiger partial charge is 0.497 e. The molecule has 0 aliphatic carbocycles. The number of nitrogens with zero attached hydrogens (tertiary/aromatic N) is 3. The highest BCUT2D eigenvalue weighted by atomic mass is 16.5. The lowest BCUT2D eigenvalue weighted by Crippen LogP contribution is -2.25. The van der Waals surface area contributed by atoms with Crippen molar-refractivity contribution in [2.75, 3.05) is 7.11 Å². The van der Waals surface area contributed by atoms with Crippen molar-refractivity contribution < 1.29 is 13.7 Å². The van der Waals surface area contributed by atoms with Crippen molar-refractivity contribution in [3.8, 4) is 17.2 Å². The van der Waals surface area contributed by atoms with E-state index in [2.05, 4.69) is 10.2 Å². The minimum atomic E-state index is 0.471. The zero-order valence-electron chi connectivity index (χ0n) is 12.4. The number of aryl methyl sites for hydroxylation is 1. The molecule has 2 aromatic heterocycles. The SMILES string of the molecule is COc1ccc(/C=C/c2nnc(-c3cc[n+](C)cc3)o2)cc1. The lowest BCUT2D eigenvalue weighted by atomic mass is 10.2. The summed E-state index contributed by atoms with van der Waals surface area (Å²) in [5.41, 5.74) is 1.93. The summed E-state index contributed by atoms with van der Waals surface area (Å²) in [4.78, 5) is 0. The van der Waals surface area contributed by atoms with E-state index in [0.29, 0.717) is 11.8 Å². The van der Waals surface area contributed by atoms with Crippen LogP contribution in [0.2, 0.25) is 0 Å². The van der Waals surface area contributed by atoms with Gasteiger partial charge < -0.3 is 9.15 Å². The highest BCUT2D eigenvalue weighted by molar-refractivity contribution is 5.66. The maximum atomic E-state index is 5.63. The zero-order valence-corrected chi connectivity index (χ0v) is 12.4. The third-order valence-corrected chi connectivity index (χ3v) is 3.20. The summed E-state index contributed by atoms with van der Waals surface area (Å²) >= 11 is 0. The Labute approximate surface area is 128 Å². The van der Waals surface area contributed by atoms with Crippen molar-refractivity contribution in [3.63, 3.8) is 0 Å². The van der Waals surface area contributed by atoms with E-state index in [-0.39, 0.29) is 0 Å². The minimum absolute atomic E-state index is 0.471. The minimum Gasteiger partial charge on any atom is -0.497 e. The Bertz CT molecular complexity index is 774. The second kappa shape index (κ2) is 6.22. The molecule has 0 unspecified atom stereocenters. The molecule has 110 valence electrons. The van der Waals surface area contributed by atoms with Gasteiger partial charge in [0.05, 0.1) is 12.7 Å². The predicted molar refractivity (Wildman–Crippen MR) is 82.8 cm³/mol. The molecular weight excluding hydrogens is 278 g/mol. The van der Waals surface area contributed by atoms with Gasteiger partial charge in [0.1, 0.15) is 12.8 Å². The van der Waals surface area contributed by atoms with E-state index in [1.807, 2.05) is 66.5 Å². The Hall–Kier alpha value is -2.95. The van der Waals surface area contributed by atoms with Crippen LogP contribution in [-0.4, -0.2) is 17.3 Å². The van der Waals surface area contributed by atoms with Crippen LogP contribution in [0.5, 0.6) is 5.75 Å². The fourth-order valence-corrected chi connectivity index (χ4v) is 1.94. The smallest absolute Gasteiger partial charge is 0.248 e. The molecule has 0 aliphatic rings. The summed E-state index contributed by atoms with van der Waals surface area (Å²) in [6, 6.07) is 11.6. The molecule has 0 saturated carbocycles. The van der Waals surface area contributed by atoms with Gasteiger partial charge in [-0.05, 0) is 23.8 Å². The summed E-state index contributed by atoms with van der Waals surface area (Å²) in [5, 5.41) is 8.09. The Morgan fingerprint density at radius 1 is 1.00 bits per heavy atom. The standard InChI is InChI=1S/C17H16N3O2/c1-20-11-9-14(10-12-20)17-19-18-16(22-17)8-5-13-3-6-15(21-2)7-4-13/h3-12H,1-2H3/q+1/b8-5+. The van der Waals surface area contributed by atoms with Crippen molar-refractivity contribution in [2.45, 2.75) is 0 Å². The van der Waals surface area contributed by atoms with Crippen LogP contribution in [0.4, 0.5) is 0 Å². The molecule has 0 spiro atoms. The highest BCUT2D eigenvalue weighted by Crippen LogP contribution is 2.18. The molecule has 2 heterocycles. The Balaban J connectivity index is 1.75. The van der Waals surface area contributed by atoms with Gasteiger partial charge in [-0.15, -0.1) is 10.2 Å². The third-order valence-electron chi connectivity index (χ3n) is 3.20. The second-order valence-electron chi connectivity index (χ2n) is 4.80. The van der Waals surface area contributed by atoms with Crippen LogP contribution >= 0.6 is 0 Å². The van der Waals surface area contributed by atoms with Crippen LogP contribution in [0.25, 0.3) is 23.6 Å². The highest BCUT2D eigenvalue weighted by Gasteiger charge is 2.07. The van der Waals surface area contributed by atoms with Crippen molar-refractivity contribution in [1.82, 2.24) is 10.2 Å². The number of hydrogen-bond acceptors (Lipinski definition) is 4. The van der Waals surface area contributed by atoms with Gasteiger partial charge in [0.2, 0.25) is 11.8 Å². The third kappa shape index (κ3) is 3.20. The van der Waals surface area contributed by atoms with Gasteiger partial charge in [0, 0.05) is 18.2 Å².